The molecule has 0 aromatic heterocycles. The Bertz CT molecular complexity index is 458. The van der Waals surface area contributed by atoms with Crippen LogP contribution in [-0.2, 0) is 14.9 Å². The molecule has 1 aliphatic rings. The van der Waals surface area contributed by atoms with Crippen molar-refractivity contribution in [3.05, 3.63) is 29.8 Å². The van der Waals surface area contributed by atoms with Crippen molar-refractivity contribution in [3.63, 3.8) is 0 Å². The number of carboxylic acids is 1. The van der Waals surface area contributed by atoms with E-state index in [-0.39, 0.29) is 13.2 Å². The smallest absolute Gasteiger partial charge is 0.317 e. The number of methoxy groups -OCH3 is 1. The van der Waals surface area contributed by atoms with E-state index in [1.54, 1.807) is 24.3 Å². The van der Waals surface area contributed by atoms with Crippen molar-refractivity contribution in [2.24, 2.45) is 0 Å². The van der Waals surface area contributed by atoms with Gasteiger partial charge in [0.15, 0.2) is 6.79 Å². The first-order chi connectivity index (χ1) is 8.44. The summed E-state index contributed by atoms with van der Waals surface area (Å²) in [5.74, 6) is -0.422. The summed E-state index contributed by atoms with van der Waals surface area (Å²) >= 11 is 11.9. The van der Waals surface area contributed by atoms with Gasteiger partial charge in [-0.15, -0.1) is 0 Å². The highest BCUT2D eigenvalue weighted by Gasteiger charge is 2.72. The van der Waals surface area contributed by atoms with E-state index in [0.717, 1.165) is 0 Å². The number of alkyl halides is 2. The molecule has 1 unspecified atom stereocenters. The monoisotopic (exact) mass is 290 g/mol. The Balaban J connectivity index is 2.22. The summed E-state index contributed by atoms with van der Waals surface area (Å²) in [6, 6.07) is 6.65. The number of hydrogen-bond donors (Lipinski definition) is 1. The van der Waals surface area contributed by atoms with Crippen LogP contribution < -0.4 is 4.74 Å². The van der Waals surface area contributed by atoms with Gasteiger partial charge < -0.3 is 14.6 Å². The number of aliphatic carboxylic acids is 1. The number of ether oxygens (including phenoxy) is 2. The Morgan fingerprint density at radius 3 is 2.33 bits per heavy atom. The lowest BCUT2D eigenvalue weighted by Crippen LogP contribution is -2.26. The Hall–Kier alpha value is -0.970. The predicted molar refractivity (Wildman–Crippen MR) is 67.3 cm³/mol. The van der Waals surface area contributed by atoms with Crippen LogP contribution in [0.15, 0.2) is 24.3 Å². The minimum absolute atomic E-state index is 0.137. The average molecular weight is 291 g/mol. The summed E-state index contributed by atoms with van der Waals surface area (Å²) in [5, 5.41) is 9.28. The van der Waals surface area contributed by atoms with E-state index in [0.29, 0.717) is 11.3 Å². The minimum Gasteiger partial charge on any atom is -0.480 e. The van der Waals surface area contributed by atoms with Gasteiger partial charge in [0.1, 0.15) is 15.5 Å². The van der Waals surface area contributed by atoms with Gasteiger partial charge in [-0.25, -0.2) is 0 Å². The average Bonchev–Trinajstić information content (AvgIpc) is 2.92. The van der Waals surface area contributed by atoms with Gasteiger partial charge in [0.05, 0.1) is 0 Å². The van der Waals surface area contributed by atoms with Crippen LogP contribution in [0.1, 0.15) is 12.0 Å². The predicted octanol–water partition coefficient (Wildman–Crippen LogP) is 2.57. The van der Waals surface area contributed by atoms with Gasteiger partial charge in [-0.3, -0.25) is 4.79 Å². The van der Waals surface area contributed by atoms with Gasteiger partial charge >= 0.3 is 5.97 Å². The maximum absolute atomic E-state index is 11.3. The summed E-state index contributed by atoms with van der Waals surface area (Å²) in [7, 11) is 1.52. The Labute approximate surface area is 114 Å². The van der Waals surface area contributed by atoms with Crippen LogP contribution in [0.2, 0.25) is 0 Å². The fourth-order valence-corrected chi connectivity index (χ4v) is 2.70. The normalized spacial score (nSPS) is 24.6. The van der Waals surface area contributed by atoms with Crippen molar-refractivity contribution >= 4 is 29.2 Å². The molecule has 1 N–H and O–H groups in total. The molecule has 0 aliphatic heterocycles. The standard InChI is InChI=1S/C12H12Cl2O4/c1-17-7-18-9-4-2-8(3-5-9)11(10(15)16)6-12(11,13)14/h2-5H,6-7H2,1H3,(H,15,16). The lowest BCUT2D eigenvalue weighted by Gasteiger charge is -2.14. The third kappa shape index (κ3) is 2.05. The number of benzene rings is 1. The highest BCUT2D eigenvalue weighted by atomic mass is 35.5. The number of halogens is 2. The molecule has 1 fully saturated rings. The lowest BCUT2D eigenvalue weighted by molar-refractivity contribution is -0.140. The molecule has 0 saturated heterocycles. The van der Waals surface area contributed by atoms with Gasteiger partial charge in [-0.1, -0.05) is 35.3 Å². The summed E-state index contributed by atoms with van der Waals surface area (Å²) in [4.78, 5) is 11.3. The zero-order valence-electron chi connectivity index (χ0n) is 9.65. The molecule has 1 atom stereocenters. The quantitative estimate of drug-likeness (QED) is 0.669. The second-order valence-corrected chi connectivity index (χ2v) is 5.65. The minimum atomic E-state index is -1.24. The first-order valence-corrected chi connectivity index (χ1v) is 6.03. The first-order valence-electron chi connectivity index (χ1n) is 5.27. The fraction of sp³-hybridized carbons (Fsp3) is 0.417. The van der Waals surface area contributed by atoms with Crippen molar-refractivity contribution in [1.82, 2.24) is 0 Å². The molecule has 1 aromatic rings. The number of carbonyl (C=O) groups is 1. The molecule has 0 spiro atoms. The van der Waals surface area contributed by atoms with Crippen molar-refractivity contribution in [2.45, 2.75) is 16.2 Å². The fourth-order valence-electron chi connectivity index (χ4n) is 1.92. The maximum Gasteiger partial charge on any atom is 0.317 e. The highest BCUT2D eigenvalue weighted by Crippen LogP contribution is 2.65. The van der Waals surface area contributed by atoms with Gasteiger partial charge in [0.25, 0.3) is 0 Å². The second-order valence-electron chi connectivity index (χ2n) is 4.17. The van der Waals surface area contributed by atoms with Crippen LogP contribution in [0.5, 0.6) is 5.75 Å². The van der Waals surface area contributed by atoms with Gasteiger partial charge in [-0.2, -0.15) is 0 Å². The highest BCUT2D eigenvalue weighted by molar-refractivity contribution is 6.54. The molecule has 6 heteroatoms. The third-order valence-corrected chi connectivity index (χ3v) is 3.95. The third-order valence-electron chi connectivity index (χ3n) is 3.04. The van der Waals surface area contributed by atoms with Crippen molar-refractivity contribution in [2.75, 3.05) is 13.9 Å². The number of rotatable bonds is 5. The topological polar surface area (TPSA) is 55.8 Å². The molecule has 98 valence electrons. The van der Waals surface area contributed by atoms with Crippen molar-refractivity contribution < 1.29 is 19.4 Å². The van der Waals surface area contributed by atoms with Crippen molar-refractivity contribution in [1.29, 1.82) is 0 Å². The zero-order chi connectivity index (χ0) is 13.4. The van der Waals surface area contributed by atoms with Crippen LogP contribution in [0.3, 0.4) is 0 Å². The lowest BCUT2D eigenvalue weighted by atomic mass is 9.96. The second kappa shape index (κ2) is 4.61. The molecule has 4 nitrogen and oxygen atoms in total. The van der Waals surface area contributed by atoms with E-state index in [1.165, 1.54) is 7.11 Å². The van der Waals surface area contributed by atoms with Crippen LogP contribution >= 0.6 is 23.2 Å². The molecule has 1 aliphatic carbocycles. The van der Waals surface area contributed by atoms with E-state index in [2.05, 4.69) is 0 Å². The molecule has 0 amide bonds. The Kier molecular flexibility index (Phi) is 3.45. The molecular weight excluding hydrogens is 279 g/mol. The maximum atomic E-state index is 11.3. The van der Waals surface area contributed by atoms with Gasteiger partial charge in [0, 0.05) is 13.5 Å². The molecule has 1 saturated carbocycles. The van der Waals surface area contributed by atoms with Crippen LogP contribution in [-0.4, -0.2) is 29.3 Å². The van der Waals surface area contributed by atoms with Gasteiger partial charge in [0.2, 0.25) is 0 Å². The van der Waals surface area contributed by atoms with E-state index >= 15 is 0 Å². The molecule has 1 aromatic carbocycles. The van der Waals surface area contributed by atoms with E-state index in [9.17, 15) is 9.90 Å². The summed E-state index contributed by atoms with van der Waals surface area (Å²) < 4.78 is 8.75. The number of hydrogen-bond acceptors (Lipinski definition) is 3. The van der Waals surface area contributed by atoms with Crippen LogP contribution in [0.4, 0.5) is 0 Å². The molecular formula is C12H12Cl2O4. The summed E-state index contributed by atoms with van der Waals surface area (Å²) in [6.45, 7) is 0.137. The van der Waals surface area contributed by atoms with E-state index < -0.39 is 15.7 Å². The number of carboxylic acid groups (broad SMARTS) is 1. The van der Waals surface area contributed by atoms with Crippen LogP contribution in [0.25, 0.3) is 0 Å². The Morgan fingerprint density at radius 1 is 1.39 bits per heavy atom. The molecule has 18 heavy (non-hydrogen) atoms. The largest absolute Gasteiger partial charge is 0.480 e. The summed E-state index contributed by atoms with van der Waals surface area (Å²) in [6.07, 6.45) is 0.205. The first kappa shape index (κ1) is 13.5. The summed E-state index contributed by atoms with van der Waals surface area (Å²) in [5.41, 5.74) is -0.639. The molecule has 0 radical (unpaired) electrons. The van der Waals surface area contributed by atoms with Gasteiger partial charge in [-0.05, 0) is 17.7 Å². The van der Waals surface area contributed by atoms with E-state index in [1.807, 2.05) is 0 Å². The Morgan fingerprint density at radius 2 is 1.94 bits per heavy atom. The van der Waals surface area contributed by atoms with Crippen LogP contribution in [0, 0.1) is 0 Å². The molecule has 2 rings (SSSR count). The molecule has 0 heterocycles. The zero-order valence-corrected chi connectivity index (χ0v) is 11.2. The van der Waals surface area contributed by atoms with E-state index in [4.69, 9.17) is 32.7 Å². The SMILES string of the molecule is COCOc1ccc(C2(C(=O)O)CC2(Cl)Cl)cc1. The molecule has 0 bridgehead atoms. The van der Waals surface area contributed by atoms with Crippen molar-refractivity contribution in [3.8, 4) is 5.75 Å².